The van der Waals surface area contributed by atoms with E-state index in [1.165, 1.54) is 97.7 Å². The van der Waals surface area contributed by atoms with E-state index in [0.717, 1.165) is 0 Å². The number of benzene rings is 10. The molecule has 0 N–H and O–H groups in total. The fourth-order valence-electron chi connectivity index (χ4n) is 8.04. The summed E-state index contributed by atoms with van der Waals surface area (Å²) in [6.07, 6.45) is 0. The Kier molecular flexibility index (Phi) is 5.38. The lowest BCUT2D eigenvalue weighted by Crippen LogP contribution is -1.90. The normalized spacial score (nSPS) is 11.9. The van der Waals surface area contributed by atoms with Crippen LogP contribution in [0.5, 0.6) is 0 Å². The highest BCUT2D eigenvalue weighted by Crippen LogP contribution is 2.45. The minimum Gasteiger partial charge on any atom is -0.0616 e. The van der Waals surface area contributed by atoms with Gasteiger partial charge in [-0.25, -0.2) is 0 Å². The molecule has 0 aliphatic rings. The third-order valence-electron chi connectivity index (χ3n) is 10.0. The molecule has 0 fully saturated rings. The predicted molar refractivity (Wildman–Crippen MR) is 200 cm³/mol. The molecule has 0 heteroatoms. The molecule has 0 saturated heterocycles. The molecule has 10 rings (SSSR count). The lowest BCUT2D eigenvalue weighted by molar-refractivity contribution is 1.66. The SMILES string of the molecule is c1ccc2c(-c3ccc(-c4ccc5c(c4)c4ccccc4c4c6ccccc6c6ccccc6c54)c4ccccc34)cccc2c1. The summed E-state index contributed by atoms with van der Waals surface area (Å²) in [6, 6.07) is 62.7. The molecule has 0 bridgehead atoms. The van der Waals surface area contributed by atoms with Crippen LogP contribution in [0.15, 0.2) is 170 Å². The van der Waals surface area contributed by atoms with E-state index in [1.54, 1.807) is 0 Å². The molecule has 0 radical (unpaired) electrons. The molecule has 0 unspecified atom stereocenters. The van der Waals surface area contributed by atoms with E-state index in [9.17, 15) is 0 Å². The third kappa shape index (κ3) is 3.56. The van der Waals surface area contributed by atoms with E-state index < -0.39 is 0 Å². The van der Waals surface area contributed by atoms with Gasteiger partial charge in [-0.3, -0.25) is 0 Å². The minimum atomic E-state index is 1.24. The summed E-state index contributed by atoms with van der Waals surface area (Å²) in [5, 5.41) is 18.2. The van der Waals surface area contributed by atoms with Crippen molar-refractivity contribution >= 4 is 75.4 Å². The van der Waals surface area contributed by atoms with Crippen molar-refractivity contribution in [1.82, 2.24) is 0 Å². The molecule has 212 valence electrons. The van der Waals surface area contributed by atoms with E-state index in [0.29, 0.717) is 0 Å². The van der Waals surface area contributed by atoms with Gasteiger partial charge < -0.3 is 0 Å². The quantitative estimate of drug-likeness (QED) is 0.178. The predicted octanol–water partition coefficient (Wildman–Crippen LogP) is 13.1. The zero-order chi connectivity index (χ0) is 30.2. The number of hydrogen-bond donors (Lipinski definition) is 0. The maximum absolute atomic E-state index is 2.43. The van der Waals surface area contributed by atoms with Crippen molar-refractivity contribution in [3.05, 3.63) is 170 Å². The van der Waals surface area contributed by atoms with E-state index >= 15 is 0 Å². The molecule has 0 heterocycles. The second-order valence-electron chi connectivity index (χ2n) is 12.4. The first-order valence-corrected chi connectivity index (χ1v) is 16.0. The first-order valence-electron chi connectivity index (χ1n) is 16.0. The van der Waals surface area contributed by atoms with Gasteiger partial charge >= 0.3 is 0 Å². The maximum atomic E-state index is 2.43. The fourth-order valence-corrected chi connectivity index (χ4v) is 8.04. The monoisotopic (exact) mass is 580 g/mol. The molecule has 0 aromatic heterocycles. The lowest BCUT2D eigenvalue weighted by Gasteiger charge is -2.18. The van der Waals surface area contributed by atoms with Crippen molar-refractivity contribution in [2.75, 3.05) is 0 Å². The highest BCUT2D eigenvalue weighted by Gasteiger charge is 2.17. The average molecular weight is 581 g/mol. The molecule has 0 spiro atoms. The molecule has 10 aromatic carbocycles. The van der Waals surface area contributed by atoms with Crippen molar-refractivity contribution < 1.29 is 0 Å². The van der Waals surface area contributed by atoms with Crippen LogP contribution in [0, 0.1) is 0 Å². The number of rotatable bonds is 2. The molecule has 10 aromatic rings. The molecule has 0 atom stereocenters. The molecule has 0 saturated carbocycles. The van der Waals surface area contributed by atoms with Crippen LogP contribution < -0.4 is 0 Å². The summed E-state index contributed by atoms with van der Waals surface area (Å²) in [5.41, 5.74) is 5.04. The van der Waals surface area contributed by atoms with Crippen LogP contribution in [0.25, 0.3) is 97.7 Å². The molecule has 0 aliphatic heterocycles. The van der Waals surface area contributed by atoms with Crippen molar-refractivity contribution in [2.24, 2.45) is 0 Å². The highest BCUT2D eigenvalue weighted by atomic mass is 14.2. The van der Waals surface area contributed by atoms with Crippen LogP contribution in [-0.4, -0.2) is 0 Å². The van der Waals surface area contributed by atoms with Crippen molar-refractivity contribution in [2.45, 2.75) is 0 Å². The lowest BCUT2D eigenvalue weighted by atomic mass is 9.85. The van der Waals surface area contributed by atoms with Gasteiger partial charge in [-0.05, 0) is 104 Å². The summed E-state index contributed by atoms with van der Waals surface area (Å²) >= 11 is 0. The molecule has 0 aliphatic carbocycles. The largest absolute Gasteiger partial charge is 0.0616 e. The maximum Gasteiger partial charge on any atom is -0.00139 e. The molecular weight excluding hydrogens is 553 g/mol. The Morgan fingerprint density at radius 3 is 1.26 bits per heavy atom. The van der Waals surface area contributed by atoms with Gasteiger partial charge in [-0.15, -0.1) is 0 Å². The van der Waals surface area contributed by atoms with Gasteiger partial charge in [0.15, 0.2) is 0 Å². The third-order valence-corrected chi connectivity index (χ3v) is 10.0. The van der Waals surface area contributed by atoms with Gasteiger partial charge in [0.1, 0.15) is 0 Å². The minimum absolute atomic E-state index is 1.24. The number of fused-ring (bicyclic) bond motifs is 13. The Hall–Kier alpha value is -5.98. The second-order valence-corrected chi connectivity index (χ2v) is 12.4. The zero-order valence-electron chi connectivity index (χ0n) is 25.2. The molecule has 0 amide bonds. The van der Waals surface area contributed by atoms with Gasteiger partial charge in [-0.1, -0.05) is 164 Å². The summed E-state index contributed by atoms with van der Waals surface area (Å²) < 4.78 is 0. The van der Waals surface area contributed by atoms with Gasteiger partial charge in [0.25, 0.3) is 0 Å². The van der Waals surface area contributed by atoms with E-state index in [-0.39, 0.29) is 0 Å². The van der Waals surface area contributed by atoms with Crippen LogP contribution in [-0.2, 0) is 0 Å². The van der Waals surface area contributed by atoms with E-state index in [2.05, 4.69) is 170 Å². The first-order chi connectivity index (χ1) is 22.8. The smallest absolute Gasteiger partial charge is 0.00139 e. The van der Waals surface area contributed by atoms with Crippen LogP contribution in [0.4, 0.5) is 0 Å². The first kappa shape index (κ1) is 25.4. The second kappa shape index (κ2) is 9.76. The van der Waals surface area contributed by atoms with E-state index in [4.69, 9.17) is 0 Å². The summed E-state index contributed by atoms with van der Waals surface area (Å²) in [6.45, 7) is 0. The Bertz CT molecular complexity index is 2850. The van der Waals surface area contributed by atoms with Crippen molar-refractivity contribution in [3.63, 3.8) is 0 Å². The van der Waals surface area contributed by atoms with Crippen molar-refractivity contribution in [1.29, 1.82) is 0 Å². The van der Waals surface area contributed by atoms with Crippen LogP contribution >= 0.6 is 0 Å². The van der Waals surface area contributed by atoms with Crippen LogP contribution in [0.1, 0.15) is 0 Å². The highest BCUT2D eigenvalue weighted by molar-refractivity contribution is 6.39. The molecule has 46 heavy (non-hydrogen) atoms. The Balaban J connectivity index is 1.29. The summed E-state index contributed by atoms with van der Waals surface area (Å²) in [7, 11) is 0. The van der Waals surface area contributed by atoms with E-state index in [1.807, 2.05) is 0 Å². The number of hydrogen-bond acceptors (Lipinski definition) is 0. The van der Waals surface area contributed by atoms with Gasteiger partial charge in [0.2, 0.25) is 0 Å². The zero-order valence-corrected chi connectivity index (χ0v) is 25.2. The van der Waals surface area contributed by atoms with Crippen LogP contribution in [0.2, 0.25) is 0 Å². The van der Waals surface area contributed by atoms with Crippen molar-refractivity contribution in [3.8, 4) is 22.3 Å². The fraction of sp³-hybridized carbons (Fsp3) is 0. The Morgan fingerprint density at radius 2 is 0.630 bits per heavy atom. The average Bonchev–Trinajstić information content (AvgIpc) is 3.14. The Morgan fingerprint density at radius 1 is 0.217 bits per heavy atom. The molecular formula is C46H28. The standard InChI is InChI=1S/C46H28/c1-2-14-31-29(12-1)13-11-23-34(31)39-27-26-32(33-15-3-4-16-35(33)39)30-24-25-43-44(28-30)38-19-7-10-22-42(38)45-40-20-8-5-17-36(40)37-18-6-9-21-41(37)46(43)45/h1-28H. The van der Waals surface area contributed by atoms with Gasteiger partial charge in [0.05, 0.1) is 0 Å². The van der Waals surface area contributed by atoms with Gasteiger partial charge in [0, 0.05) is 0 Å². The van der Waals surface area contributed by atoms with Gasteiger partial charge in [-0.2, -0.15) is 0 Å². The summed E-state index contributed by atoms with van der Waals surface area (Å²) in [4.78, 5) is 0. The summed E-state index contributed by atoms with van der Waals surface area (Å²) in [5.74, 6) is 0. The Labute approximate surface area is 266 Å². The van der Waals surface area contributed by atoms with Crippen LogP contribution in [0.3, 0.4) is 0 Å². The topological polar surface area (TPSA) is 0 Å². The molecule has 0 nitrogen and oxygen atoms in total.